The third-order valence-corrected chi connectivity index (χ3v) is 5.55. The van der Waals surface area contributed by atoms with Crippen molar-refractivity contribution in [3.05, 3.63) is 71.1 Å². The first-order valence-electron chi connectivity index (χ1n) is 8.27. The average molecular weight is 417 g/mol. The van der Waals surface area contributed by atoms with Crippen molar-refractivity contribution in [2.24, 2.45) is 5.14 Å². The zero-order chi connectivity index (χ0) is 20.7. The van der Waals surface area contributed by atoms with Gasteiger partial charge in [-0.05, 0) is 12.5 Å². The van der Waals surface area contributed by atoms with Crippen LogP contribution in [0.4, 0.5) is 17.6 Å². The van der Waals surface area contributed by atoms with Crippen molar-refractivity contribution in [3.8, 4) is 0 Å². The largest absolute Gasteiger partial charge is 0.434 e. The van der Waals surface area contributed by atoms with Gasteiger partial charge in [0.05, 0.1) is 5.25 Å². The highest BCUT2D eigenvalue weighted by Crippen LogP contribution is 2.44. The van der Waals surface area contributed by atoms with Gasteiger partial charge in [-0.1, -0.05) is 42.0 Å². The Morgan fingerprint density at radius 3 is 2.61 bits per heavy atom. The van der Waals surface area contributed by atoms with E-state index >= 15 is 0 Å². The normalized spacial score (nSPS) is 18.6. The molecule has 1 aliphatic carbocycles. The number of allylic oxidation sites excluding steroid dienone is 3. The monoisotopic (exact) mass is 417 g/mol. The number of halogens is 4. The summed E-state index contributed by atoms with van der Waals surface area (Å²) < 4.78 is 74.4. The molecule has 0 saturated heterocycles. The van der Waals surface area contributed by atoms with E-state index in [0.29, 0.717) is 0 Å². The molecule has 3 rings (SSSR count). The average Bonchev–Trinajstić information content (AvgIpc) is 2.98. The van der Waals surface area contributed by atoms with Gasteiger partial charge < -0.3 is 4.57 Å². The van der Waals surface area contributed by atoms with Crippen molar-refractivity contribution in [2.45, 2.75) is 31.3 Å². The molecular weight excluding hydrogens is 398 g/mol. The molecule has 0 saturated carbocycles. The van der Waals surface area contributed by atoms with E-state index in [1.807, 2.05) is 19.1 Å². The summed E-state index contributed by atoms with van der Waals surface area (Å²) in [6, 6.07) is 7.21. The van der Waals surface area contributed by atoms with Crippen molar-refractivity contribution >= 4 is 16.3 Å². The second-order valence-electron chi connectivity index (χ2n) is 6.62. The quantitative estimate of drug-likeness (QED) is 0.619. The van der Waals surface area contributed by atoms with Crippen molar-refractivity contribution in [2.75, 3.05) is 0 Å². The molecule has 0 aliphatic heterocycles. The highest BCUT2D eigenvalue weighted by atomic mass is 32.3. The van der Waals surface area contributed by atoms with Crippen LogP contribution in [0, 0.1) is 6.92 Å². The number of alkyl halides is 3. The minimum Gasteiger partial charge on any atom is -0.326 e. The van der Waals surface area contributed by atoms with Gasteiger partial charge in [0.15, 0.2) is 5.69 Å². The predicted molar refractivity (Wildman–Crippen MR) is 100 cm³/mol. The molecule has 5 nitrogen and oxygen atoms in total. The number of nitrogens with zero attached hydrogens (tertiary/aromatic N) is 2. The number of aryl methyl sites for hydroxylation is 1. The fourth-order valence-corrected chi connectivity index (χ4v) is 3.68. The zero-order valence-corrected chi connectivity index (χ0v) is 15.6. The summed E-state index contributed by atoms with van der Waals surface area (Å²) in [5.41, 5.74) is 0.411. The molecule has 0 spiro atoms. The molecule has 28 heavy (non-hydrogen) atoms. The van der Waals surface area contributed by atoms with Gasteiger partial charge in [-0.15, -0.1) is 10.8 Å². The zero-order valence-electron chi connectivity index (χ0n) is 14.8. The molecule has 1 aliphatic rings. The maximum atomic E-state index is 14.6. The molecule has 1 unspecified atom stereocenters. The molecular formula is C18H19F4N3O2S. The Morgan fingerprint density at radius 1 is 1.32 bits per heavy atom. The summed E-state index contributed by atoms with van der Waals surface area (Å²) in [6.45, 7) is 1.93. The molecule has 0 bridgehead atoms. The van der Waals surface area contributed by atoms with E-state index in [-0.39, 0.29) is 17.9 Å². The van der Waals surface area contributed by atoms with Gasteiger partial charge in [-0.2, -0.15) is 13.2 Å². The van der Waals surface area contributed by atoms with E-state index in [0.717, 1.165) is 17.3 Å². The minimum absolute atomic E-state index is 0.0697. The lowest BCUT2D eigenvalue weighted by atomic mass is 10.0. The molecule has 4 N–H and O–H groups in total. The lowest BCUT2D eigenvalue weighted by Gasteiger charge is -2.35. The van der Waals surface area contributed by atoms with Crippen LogP contribution < -0.4 is 5.14 Å². The van der Waals surface area contributed by atoms with Crippen molar-refractivity contribution in [1.29, 1.82) is 0 Å². The van der Waals surface area contributed by atoms with Crippen LogP contribution in [0.5, 0.6) is 0 Å². The molecule has 10 heteroatoms. The van der Waals surface area contributed by atoms with E-state index in [1.165, 1.54) is 16.7 Å². The number of hydrogen-bond acceptors (Lipinski definition) is 4. The summed E-state index contributed by atoms with van der Waals surface area (Å²) in [5, 5.41) is 4.21. The first-order chi connectivity index (χ1) is 12.9. The van der Waals surface area contributed by atoms with Crippen LogP contribution in [-0.4, -0.2) is 23.9 Å². The first-order valence-corrected chi connectivity index (χ1v) is 9.94. The number of nitrogens with two attached hydrogens (primary N) is 1. The van der Waals surface area contributed by atoms with Gasteiger partial charge in [0, 0.05) is 24.7 Å². The van der Waals surface area contributed by atoms with Crippen molar-refractivity contribution in [1.82, 2.24) is 9.55 Å². The highest BCUT2D eigenvalue weighted by Gasteiger charge is 2.36. The maximum absolute atomic E-state index is 14.6. The van der Waals surface area contributed by atoms with Gasteiger partial charge in [-0.25, -0.2) is 14.5 Å². The SMILES string of the molecule is Cc1cccc(Cn2cc(C(F)(F)F)nc2C2=C(F)CC(S(N)(O)O)C=C2)c1. The van der Waals surface area contributed by atoms with Crippen LogP contribution in [0.3, 0.4) is 0 Å². The van der Waals surface area contributed by atoms with Crippen LogP contribution in [0.15, 0.2) is 48.4 Å². The van der Waals surface area contributed by atoms with E-state index in [2.05, 4.69) is 4.98 Å². The Labute approximate surface area is 160 Å². The molecule has 1 aromatic carbocycles. The highest BCUT2D eigenvalue weighted by molar-refractivity contribution is 8.23. The second-order valence-corrected chi connectivity index (χ2v) is 8.51. The lowest BCUT2D eigenvalue weighted by Crippen LogP contribution is -2.24. The molecule has 2 aromatic rings. The molecule has 1 heterocycles. The Bertz CT molecular complexity index is 945. The smallest absolute Gasteiger partial charge is 0.326 e. The van der Waals surface area contributed by atoms with Gasteiger partial charge in [-0.3, -0.25) is 9.11 Å². The Hall–Kier alpha value is -2.14. The van der Waals surface area contributed by atoms with Crippen LogP contribution in [-0.2, 0) is 12.7 Å². The van der Waals surface area contributed by atoms with Crippen LogP contribution >= 0.6 is 10.8 Å². The Balaban J connectivity index is 2.02. The molecule has 0 amide bonds. The summed E-state index contributed by atoms with van der Waals surface area (Å²) in [5.74, 6) is -0.989. The van der Waals surface area contributed by atoms with E-state index in [1.54, 1.807) is 12.1 Å². The van der Waals surface area contributed by atoms with E-state index in [4.69, 9.17) is 5.14 Å². The molecule has 0 fully saturated rings. The standard InChI is InChI=1S/C18H19F4N3O2S/c1-11-3-2-4-12(7-11)9-25-10-16(18(20,21)22)24-17(25)14-6-5-13(8-15(14)19)28(23,26)27/h2-7,10,13,26-27H,8-9,23H2,1H3. The maximum Gasteiger partial charge on any atom is 0.434 e. The fraction of sp³-hybridized carbons (Fsp3) is 0.278. The summed E-state index contributed by atoms with van der Waals surface area (Å²) in [4.78, 5) is 3.60. The minimum atomic E-state index is -4.68. The van der Waals surface area contributed by atoms with E-state index < -0.39 is 40.1 Å². The molecule has 152 valence electrons. The number of hydrogen-bond donors (Lipinski definition) is 3. The van der Waals surface area contributed by atoms with Gasteiger partial charge in [0.2, 0.25) is 0 Å². The first kappa shape index (κ1) is 20.6. The number of imidazole rings is 1. The Morgan fingerprint density at radius 2 is 2.04 bits per heavy atom. The summed E-state index contributed by atoms with van der Waals surface area (Å²) >= 11 is 0. The number of benzene rings is 1. The number of rotatable bonds is 4. The van der Waals surface area contributed by atoms with Gasteiger partial charge in [0.1, 0.15) is 11.7 Å². The Kier molecular flexibility index (Phi) is 5.41. The van der Waals surface area contributed by atoms with Crippen LogP contribution in [0.1, 0.15) is 29.1 Å². The molecule has 1 aromatic heterocycles. The molecule has 0 radical (unpaired) electrons. The van der Waals surface area contributed by atoms with Crippen molar-refractivity contribution in [3.63, 3.8) is 0 Å². The van der Waals surface area contributed by atoms with Crippen LogP contribution in [0.2, 0.25) is 0 Å². The third-order valence-electron chi connectivity index (χ3n) is 4.34. The van der Waals surface area contributed by atoms with E-state index in [9.17, 15) is 26.7 Å². The topological polar surface area (TPSA) is 84.3 Å². The summed E-state index contributed by atoms with van der Waals surface area (Å²) in [7, 11) is -3.51. The van der Waals surface area contributed by atoms with Crippen LogP contribution in [0.25, 0.3) is 5.57 Å². The fourth-order valence-electron chi connectivity index (χ4n) is 2.98. The second kappa shape index (κ2) is 7.36. The number of aromatic nitrogens is 2. The summed E-state index contributed by atoms with van der Waals surface area (Å²) in [6.07, 6.45) is -1.79. The van der Waals surface area contributed by atoms with Gasteiger partial charge >= 0.3 is 6.18 Å². The molecule has 1 atom stereocenters. The third kappa shape index (κ3) is 4.46. The lowest BCUT2D eigenvalue weighted by molar-refractivity contribution is -0.141. The van der Waals surface area contributed by atoms with Crippen molar-refractivity contribution < 1.29 is 26.7 Å². The van der Waals surface area contributed by atoms with Gasteiger partial charge in [0.25, 0.3) is 0 Å². The predicted octanol–water partition coefficient (Wildman–Crippen LogP) is 4.89.